The molecule has 1 spiro atoms. The lowest BCUT2D eigenvalue weighted by Gasteiger charge is -2.56. The summed E-state index contributed by atoms with van der Waals surface area (Å²) < 4.78 is 0. The van der Waals surface area contributed by atoms with Gasteiger partial charge < -0.3 is 15.1 Å². The van der Waals surface area contributed by atoms with Crippen molar-refractivity contribution in [1.82, 2.24) is 9.80 Å². The van der Waals surface area contributed by atoms with Crippen molar-refractivity contribution in [2.45, 2.75) is 44.8 Å². The van der Waals surface area contributed by atoms with Crippen LogP contribution in [-0.4, -0.2) is 47.0 Å². The molecule has 120 valence electrons. The Morgan fingerprint density at radius 2 is 2.09 bits per heavy atom. The molecule has 0 saturated carbocycles. The van der Waals surface area contributed by atoms with E-state index in [0.717, 1.165) is 25.1 Å². The van der Waals surface area contributed by atoms with Gasteiger partial charge in [-0.25, -0.2) is 0 Å². The van der Waals surface area contributed by atoms with Crippen LogP contribution in [0.5, 0.6) is 0 Å². The Morgan fingerprint density at radius 1 is 1.36 bits per heavy atom. The standard InChI is InChI=1S/C17H24ClN3O/c1-5-21-15(22)13-10-12(18)6-7-14(13)19-17(21)8-9-20(4)16(2,3)11-17/h6-7,10,19H,5,8-9,11H2,1-4H3. The van der Waals surface area contributed by atoms with Crippen LogP contribution >= 0.6 is 11.6 Å². The van der Waals surface area contributed by atoms with Crippen molar-refractivity contribution in [2.24, 2.45) is 0 Å². The summed E-state index contributed by atoms with van der Waals surface area (Å²) in [6.45, 7) is 8.18. The molecule has 0 bridgehead atoms. The first-order valence-corrected chi connectivity index (χ1v) is 8.28. The Bertz CT molecular complexity index is 616. The molecule has 5 heteroatoms. The van der Waals surface area contributed by atoms with Crippen LogP contribution in [0, 0.1) is 0 Å². The molecule has 22 heavy (non-hydrogen) atoms. The lowest BCUT2D eigenvalue weighted by Crippen LogP contribution is -2.67. The molecule has 1 N–H and O–H groups in total. The van der Waals surface area contributed by atoms with Gasteiger partial charge in [0.05, 0.1) is 5.56 Å². The van der Waals surface area contributed by atoms with E-state index in [9.17, 15) is 4.79 Å². The molecule has 1 unspecified atom stereocenters. The smallest absolute Gasteiger partial charge is 0.257 e. The van der Waals surface area contributed by atoms with E-state index in [1.807, 2.05) is 24.0 Å². The minimum atomic E-state index is -0.303. The number of anilines is 1. The number of fused-ring (bicyclic) bond motifs is 1. The van der Waals surface area contributed by atoms with Crippen LogP contribution in [-0.2, 0) is 0 Å². The summed E-state index contributed by atoms with van der Waals surface area (Å²) in [6, 6.07) is 5.54. The second kappa shape index (κ2) is 5.14. The monoisotopic (exact) mass is 321 g/mol. The van der Waals surface area contributed by atoms with Crippen molar-refractivity contribution in [3.63, 3.8) is 0 Å². The number of amides is 1. The number of hydrogen-bond acceptors (Lipinski definition) is 3. The molecular weight excluding hydrogens is 298 g/mol. The van der Waals surface area contributed by atoms with Gasteiger partial charge in [-0.1, -0.05) is 11.6 Å². The Kier molecular flexibility index (Phi) is 3.65. The van der Waals surface area contributed by atoms with Crippen molar-refractivity contribution in [2.75, 3.05) is 25.5 Å². The van der Waals surface area contributed by atoms with E-state index in [1.165, 1.54) is 0 Å². The van der Waals surface area contributed by atoms with E-state index in [4.69, 9.17) is 11.6 Å². The van der Waals surface area contributed by atoms with Crippen molar-refractivity contribution in [1.29, 1.82) is 0 Å². The molecule has 2 heterocycles. The third-order valence-corrected chi connectivity index (χ3v) is 5.51. The van der Waals surface area contributed by atoms with Crippen LogP contribution in [0.4, 0.5) is 5.69 Å². The zero-order chi connectivity index (χ0) is 16.1. The van der Waals surface area contributed by atoms with E-state index in [1.54, 1.807) is 6.07 Å². The fraction of sp³-hybridized carbons (Fsp3) is 0.588. The summed E-state index contributed by atoms with van der Waals surface area (Å²) in [7, 11) is 2.15. The van der Waals surface area contributed by atoms with Gasteiger partial charge in [0.25, 0.3) is 5.91 Å². The zero-order valence-electron chi connectivity index (χ0n) is 13.7. The first-order chi connectivity index (χ1) is 10.3. The summed E-state index contributed by atoms with van der Waals surface area (Å²) in [5, 5.41) is 4.27. The first-order valence-electron chi connectivity index (χ1n) is 7.90. The maximum Gasteiger partial charge on any atom is 0.257 e. The number of piperidine rings is 1. The van der Waals surface area contributed by atoms with Crippen molar-refractivity contribution < 1.29 is 4.79 Å². The number of benzene rings is 1. The Morgan fingerprint density at radius 3 is 2.73 bits per heavy atom. The first kappa shape index (κ1) is 15.6. The highest BCUT2D eigenvalue weighted by molar-refractivity contribution is 6.31. The number of nitrogens with zero attached hydrogens (tertiary/aromatic N) is 2. The Labute approximate surface area is 137 Å². The second-order valence-corrected chi connectivity index (χ2v) is 7.49. The van der Waals surface area contributed by atoms with E-state index >= 15 is 0 Å². The van der Waals surface area contributed by atoms with E-state index in [0.29, 0.717) is 17.1 Å². The molecule has 3 rings (SSSR count). The van der Waals surface area contributed by atoms with Crippen LogP contribution in [0.2, 0.25) is 5.02 Å². The van der Waals surface area contributed by atoms with Gasteiger partial charge in [0.2, 0.25) is 0 Å². The van der Waals surface area contributed by atoms with Gasteiger partial charge in [-0.2, -0.15) is 0 Å². The van der Waals surface area contributed by atoms with E-state index in [2.05, 4.69) is 31.1 Å². The Hall–Kier alpha value is -1.26. The Balaban J connectivity index is 2.06. The molecule has 4 nitrogen and oxygen atoms in total. The molecule has 0 aromatic heterocycles. The van der Waals surface area contributed by atoms with Gasteiger partial charge in [0.15, 0.2) is 0 Å². The molecule has 0 aliphatic carbocycles. The quantitative estimate of drug-likeness (QED) is 0.860. The van der Waals surface area contributed by atoms with Crippen LogP contribution in [0.1, 0.15) is 44.0 Å². The van der Waals surface area contributed by atoms with Crippen molar-refractivity contribution in [3.8, 4) is 0 Å². The number of hydrogen-bond donors (Lipinski definition) is 1. The summed E-state index contributed by atoms with van der Waals surface area (Å²) >= 11 is 6.07. The predicted molar refractivity (Wildman–Crippen MR) is 90.5 cm³/mol. The lowest BCUT2D eigenvalue weighted by molar-refractivity contribution is -0.00974. The van der Waals surface area contributed by atoms with E-state index in [-0.39, 0.29) is 17.1 Å². The zero-order valence-corrected chi connectivity index (χ0v) is 14.5. The number of likely N-dealkylation sites (tertiary alicyclic amines) is 1. The van der Waals surface area contributed by atoms with Crippen molar-refractivity contribution in [3.05, 3.63) is 28.8 Å². The molecule has 2 aliphatic rings. The highest BCUT2D eigenvalue weighted by Gasteiger charge is 2.50. The summed E-state index contributed by atoms with van der Waals surface area (Å²) in [6.07, 6.45) is 1.83. The van der Waals surface area contributed by atoms with Crippen LogP contribution in [0.25, 0.3) is 0 Å². The third-order valence-electron chi connectivity index (χ3n) is 5.28. The van der Waals surface area contributed by atoms with E-state index < -0.39 is 0 Å². The van der Waals surface area contributed by atoms with Crippen LogP contribution in [0.3, 0.4) is 0 Å². The number of halogens is 1. The topological polar surface area (TPSA) is 35.6 Å². The minimum absolute atomic E-state index is 0.0445. The maximum absolute atomic E-state index is 13.0. The molecule has 1 amide bonds. The van der Waals surface area contributed by atoms with Crippen LogP contribution < -0.4 is 5.32 Å². The number of nitrogens with one attached hydrogen (secondary N) is 1. The van der Waals surface area contributed by atoms with Gasteiger partial charge in [0, 0.05) is 42.2 Å². The van der Waals surface area contributed by atoms with Gasteiger partial charge in [-0.3, -0.25) is 4.79 Å². The largest absolute Gasteiger partial charge is 0.362 e. The highest BCUT2D eigenvalue weighted by Crippen LogP contribution is 2.42. The van der Waals surface area contributed by atoms with Gasteiger partial charge in [-0.05, 0) is 46.0 Å². The summed E-state index contributed by atoms with van der Waals surface area (Å²) in [4.78, 5) is 17.3. The molecule has 1 aromatic carbocycles. The average Bonchev–Trinajstić information content (AvgIpc) is 2.44. The summed E-state index contributed by atoms with van der Waals surface area (Å²) in [5.74, 6) is 0.0825. The maximum atomic E-state index is 13.0. The second-order valence-electron chi connectivity index (χ2n) is 7.06. The number of carbonyl (C=O) groups excluding carboxylic acids is 1. The van der Waals surface area contributed by atoms with Crippen molar-refractivity contribution >= 4 is 23.2 Å². The average molecular weight is 322 g/mol. The van der Waals surface area contributed by atoms with Crippen LogP contribution in [0.15, 0.2) is 18.2 Å². The third kappa shape index (κ3) is 2.29. The number of carbonyl (C=O) groups is 1. The van der Waals surface area contributed by atoms with Gasteiger partial charge >= 0.3 is 0 Å². The SMILES string of the molecule is CCN1C(=O)c2cc(Cl)ccc2NC12CCN(C)C(C)(C)C2. The fourth-order valence-corrected chi connectivity index (χ4v) is 4.01. The van der Waals surface area contributed by atoms with Gasteiger partial charge in [-0.15, -0.1) is 0 Å². The number of rotatable bonds is 1. The normalized spacial score (nSPS) is 27.7. The molecule has 1 fully saturated rings. The summed E-state index contributed by atoms with van der Waals surface area (Å²) in [5.41, 5.74) is 1.32. The molecule has 1 atom stereocenters. The highest BCUT2D eigenvalue weighted by atomic mass is 35.5. The molecule has 2 aliphatic heterocycles. The lowest BCUT2D eigenvalue weighted by atomic mass is 9.79. The fourth-order valence-electron chi connectivity index (χ4n) is 3.84. The van der Waals surface area contributed by atoms with Gasteiger partial charge in [0.1, 0.15) is 5.66 Å². The predicted octanol–water partition coefficient (Wildman–Crippen LogP) is 3.43. The minimum Gasteiger partial charge on any atom is -0.362 e. The molecular formula is C17H24ClN3O. The molecule has 1 aromatic rings. The molecule has 0 radical (unpaired) electrons. The molecule has 1 saturated heterocycles.